The fourth-order valence-corrected chi connectivity index (χ4v) is 6.12. The third kappa shape index (κ3) is 5.88. The summed E-state index contributed by atoms with van der Waals surface area (Å²) < 4.78 is 6.05. The molecule has 0 bridgehead atoms. The zero-order valence-electron chi connectivity index (χ0n) is 19.7. The Balaban J connectivity index is 1.33. The number of pyridine rings is 1. The molecule has 5 rings (SSSR count). The summed E-state index contributed by atoms with van der Waals surface area (Å²) in [5.41, 5.74) is 3.75. The van der Waals surface area contributed by atoms with Gasteiger partial charge in [0.25, 0.3) is 0 Å². The van der Waals surface area contributed by atoms with Crippen molar-refractivity contribution >= 4 is 28.2 Å². The molecule has 1 aliphatic carbocycles. The van der Waals surface area contributed by atoms with Crippen LogP contribution in [0.3, 0.4) is 0 Å². The van der Waals surface area contributed by atoms with Crippen LogP contribution in [-0.4, -0.2) is 21.0 Å². The van der Waals surface area contributed by atoms with Crippen LogP contribution in [0.15, 0.2) is 66.0 Å². The van der Waals surface area contributed by atoms with E-state index in [1.165, 1.54) is 44.1 Å². The summed E-state index contributed by atoms with van der Waals surface area (Å²) in [5.74, 6) is 0.691. The van der Waals surface area contributed by atoms with Gasteiger partial charge in [-0.1, -0.05) is 62.1 Å². The standard InChI is InChI=1S/C29H30N2O3S/c32-27(33)17-24-19-35-29(31-24)28(21-8-3-1-2-4-9-21)22-12-15-25(16-13-22)34-18-23-14-11-20-7-5-6-10-26(20)30-23/h5-7,10-16,19,21,28H,1-4,8-9,17-18H2,(H,32,33). The van der Waals surface area contributed by atoms with Gasteiger partial charge in [0.15, 0.2) is 0 Å². The molecule has 1 saturated carbocycles. The first-order valence-corrected chi connectivity index (χ1v) is 13.3. The number of aliphatic carboxylic acids is 1. The fourth-order valence-electron chi connectivity index (χ4n) is 5.08. The maximum absolute atomic E-state index is 11.2. The topological polar surface area (TPSA) is 72.3 Å². The number of nitrogens with zero attached hydrogens (tertiary/aromatic N) is 2. The minimum Gasteiger partial charge on any atom is -0.487 e. The molecule has 180 valence electrons. The number of benzene rings is 2. The molecule has 0 spiro atoms. The van der Waals surface area contributed by atoms with E-state index < -0.39 is 5.97 Å². The number of hydrogen-bond donors (Lipinski definition) is 1. The van der Waals surface area contributed by atoms with Gasteiger partial charge in [0.2, 0.25) is 0 Å². The maximum Gasteiger partial charge on any atom is 0.309 e. The highest BCUT2D eigenvalue weighted by Gasteiger charge is 2.28. The highest BCUT2D eigenvalue weighted by atomic mass is 32.1. The van der Waals surface area contributed by atoms with Crippen LogP contribution in [-0.2, 0) is 17.8 Å². The predicted molar refractivity (Wildman–Crippen MR) is 139 cm³/mol. The molecule has 2 aromatic heterocycles. The van der Waals surface area contributed by atoms with Crippen molar-refractivity contribution in [3.63, 3.8) is 0 Å². The molecule has 35 heavy (non-hydrogen) atoms. The first-order valence-electron chi connectivity index (χ1n) is 12.4. The van der Waals surface area contributed by atoms with Crippen LogP contribution in [0.1, 0.15) is 66.4 Å². The number of rotatable bonds is 8. The van der Waals surface area contributed by atoms with Gasteiger partial charge in [-0.2, -0.15) is 0 Å². The molecule has 5 nitrogen and oxygen atoms in total. The van der Waals surface area contributed by atoms with Gasteiger partial charge in [0.05, 0.1) is 23.3 Å². The quantitative estimate of drug-likeness (QED) is 0.272. The molecule has 0 amide bonds. The van der Waals surface area contributed by atoms with Crippen molar-refractivity contribution in [3.8, 4) is 5.75 Å². The second kappa shape index (κ2) is 11.0. The molecule has 6 heteroatoms. The van der Waals surface area contributed by atoms with E-state index in [-0.39, 0.29) is 12.3 Å². The number of thiazole rings is 1. The normalized spacial score (nSPS) is 15.5. The molecular formula is C29H30N2O3S. The van der Waals surface area contributed by atoms with Crippen molar-refractivity contribution in [3.05, 3.63) is 88.0 Å². The first kappa shape index (κ1) is 23.5. The Hall–Kier alpha value is -3.25. The van der Waals surface area contributed by atoms with Crippen LogP contribution in [0.25, 0.3) is 10.9 Å². The van der Waals surface area contributed by atoms with Crippen LogP contribution >= 0.6 is 11.3 Å². The Bertz CT molecular complexity index is 1280. The summed E-state index contributed by atoms with van der Waals surface area (Å²) in [6, 6.07) is 20.5. The van der Waals surface area contributed by atoms with Gasteiger partial charge in [-0.25, -0.2) is 9.97 Å². The summed E-state index contributed by atoms with van der Waals surface area (Å²) in [6.45, 7) is 0.418. The first-order chi connectivity index (χ1) is 17.2. The largest absolute Gasteiger partial charge is 0.487 e. The van der Waals surface area contributed by atoms with E-state index in [9.17, 15) is 9.90 Å². The second-order valence-corrected chi connectivity index (χ2v) is 10.2. The predicted octanol–water partition coefficient (Wildman–Crippen LogP) is 7.00. The average Bonchev–Trinajstić information content (AvgIpc) is 3.15. The lowest BCUT2D eigenvalue weighted by molar-refractivity contribution is -0.136. The Morgan fingerprint density at radius 1 is 0.943 bits per heavy atom. The van der Waals surface area contributed by atoms with Crippen LogP contribution in [0, 0.1) is 5.92 Å². The van der Waals surface area contributed by atoms with Crippen molar-refractivity contribution in [2.75, 3.05) is 0 Å². The molecule has 1 atom stereocenters. The molecular weight excluding hydrogens is 456 g/mol. The van der Waals surface area contributed by atoms with Gasteiger partial charge in [-0.05, 0) is 48.6 Å². The van der Waals surface area contributed by atoms with E-state index >= 15 is 0 Å². The Morgan fingerprint density at radius 2 is 1.71 bits per heavy atom. The van der Waals surface area contributed by atoms with Gasteiger partial charge < -0.3 is 9.84 Å². The number of para-hydroxylation sites is 1. The highest BCUT2D eigenvalue weighted by Crippen LogP contribution is 2.41. The van der Waals surface area contributed by atoms with E-state index in [0.29, 0.717) is 18.2 Å². The molecule has 0 saturated heterocycles. The third-order valence-corrected chi connectivity index (χ3v) is 7.80. The van der Waals surface area contributed by atoms with Crippen LogP contribution < -0.4 is 4.74 Å². The zero-order valence-corrected chi connectivity index (χ0v) is 20.5. The third-order valence-electron chi connectivity index (χ3n) is 6.82. The Labute approximate surface area is 209 Å². The van der Waals surface area contributed by atoms with Gasteiger partial charge in [-0.15, -0.1) is 11.3 Å². The summed E-state index contributed by atoms with van der Waals surface area (Å²) in [5, 5.41) is 13.2. The number of aromatic nitrogens is 2. The van der Waals surface area contributed by atoms with Crippen molar-refractivity contribution in [2.24, 2.45) is 5.92 Å². The molecule has 1 aliphatic rings. The molecule has 0 aliphatic heterocycles. The fraction of sp³-hybridized carbons (Fsp3) is 0.345. The van der Waals surface area contributed by atoms with Crippen molar-refractivity contribution in [2.45, 2.75) is 57.5 Å². The lowest BCUT2D eigenvalue weighted by Gasteiger charge is -2.25. The number of carboxylic acids is 1. The minimum atomic E-state index is -0.838. The lowest BCUT2D eigenvalue weighted by atomic mass is 9.81. The van der Waals surface area contributed by atoms with Crippen molar-refractivity contribution < 1.29 is 14.6 Å². The highest BCUT2D eigenvalue weighted by molar-refractivity contribution is 7.09. The smallest absolute Gasteiger partial charge is 0.309 e. The SMILES string of the molecule is O=C(O)Cc1csc(C(c2ccc(OCc3ccc4ccccc4n3)cc2)C2CCCCCC2)n1. The number of carboxylic acid groups (broad SMARTS) is 1. The molecule has 1 fully saturated rings. The number of carbonyl (C=O) groups is 1. The van der Waals surface area contributed by atoms with E-state index in [2.05, 4.69) is 24.3 Å². The molecule has 2 heterocycles. The van der Waals surface area contributed by atoms with Gasteiger partial charge in [0.1, 0.15) is 17.4 Å². The van der Waals surface area contributed by atoms with Gasteiger partial charge >= 0.3 is 5.97 Å². The van der Waals surface area contributed by atoms with Gasteiger partial charge in [-0.3, -0.25) is 4.79 Å². The minimum absolute atomic E-state index is 0.0243. The molecule has 1 N–H and O–H groups in total. The van der Waals surface area contributed by atoms with E-state index in [0.717, 1.165) is 27.4 Å². The molecule has 1 unspecified atom stereocenters. The number of hydrogen-bond acceptors (Lipinski definition) is 5. The Kier molecular flexibility index (Phi) is 7.38. The van der Waals surface area contributed by atoms with Gasteiger partial charge in [0, 0.05) is 16.7 Å². The summed E-state index contributed by atoms with van der Waals surface area (Å²) in [6.07, 6.45) is 7.42. The number of ether oxygens (including phenoxy) is 1. The second-order valence-electron chi connectivity index (χ2n) is 9.33. The van der Waals surface area contributed by atoms with Crippen LogP contribution in [0.5, 0.6) is 5.75 Å². The van der Waals surface area contributed by atoms with Crippen LogP contribution in [0.2, 0.25) is 0 Å². The van der Waals surface area contributed by atoms with E-state index in [1.807, 2.05) is 41.8 Å². The summed E-state index contributed by atoms with van der Waals surface area (Å²) in [7, 11) is 0. The molecule has 0 radical (unpaired) electrons. The molecule has 2 aromatic carbocycles. The Morgan fingerprint density at radius 3 is 2.49 bits per heavy atom. The van der Waals surface area contributed by atoms with E-state index in [1.54, 1.807) is 11.3 Å². The maximum atomic E-state index is 11.2. The molecule has 4 aromatic rings. The number of fused-ring (bicyclic) bond motifs is 1. The summed E-state index contributed by atoms with van der Waals surface area (Å²) in [4.78, 5) is 20.6. The average molecular weight is 487 g/mol. The summed E-state index contributed by atoms with van der Waals surface area (Å²) >= 11 is 1.59. The van der Waals surface area contributed by atoms with E-state index in [4.69, 9.17) is 14.7 Å². The monoisotopic (exact) mass is 486 g/mol. The lowest BCUT2D eigenvalue weighted by Crippen LogP contribution is -2.14. The zero-order chi connectivity index (χ0) is 24.0. The van der Waals surface area contributed by atoms with Crippen molar-refractivity contribution in [1.82, 2.24) is 9.97 Å². The van der Waals surface area contributed by atoms with Crippen LogP contribution in [0.4, 0.5) is 0 Å². The van der Waals surface area contributed by atoms with Crippen molar-refractivity contribution in [1.29, 1.82) is 0 Å².